The highest BCUT2D eigenvalue weighted by Gasteiger charge is 2.27. The van der Waals surface area contributed by atoms with E-state index < -0.39 is 0 Å². The Morgan fingerprint density at radius 3 is 2.73 bits per heavy atom. The Morgan fingerprint density at radius 2 is 2.20 bits per heavy atom. The smallest absolute Gasteiger partial charge is 0.318 e. The van der Waals surface area contributed by atoms with Gasteiger partial charge in [-0.05, 0) is 27.2 Å². The molecule has 2 amide bonds. The van der Waals surface area contributed by atoms with Gasteiger partial charge >= 0.3 is 6.03 Å². The largest absolute Gasteiger partial charge is 0.377 e. The monoisotopic (exact) mass is 214 g/mol. The van der Waals surface area contributed by atoms with Gasteiger partial charge in [-0.15, -0.1) is 0 Å². The Kier molecular flexibility index (Phi) is 3.97. The zero-order chi connectivity index (χ0) is 11.5. The van der Waals surface area contributed by atoms with Crippen LogP contribution in [0.1, 0.15) is 34.1 Å². The van der Waals surface area contributed by atoms with E-state index in [2.05, 4.69) is 12.2 Å². The molecule has 1 atom stereocenters. The summed E-state index contributed by atoms with van der Waals surface area (Å²) in [7, 11) is 0. The summed E-state index contributed by atoms with van der Waals surface area (Å²) in [6.07, 6.45) is 0.942. The molecule has 0 aliphatic carbocycles. The van der Waals surface area contributed by atoms with Gasteiger partial charge in [0.25, 0.3) is 0 Å². The van der Waals surface area contributed by atoms with Gasteiger partial charge < -0.3 is 15.0 Å². The molecule has 0 radical (unpaired) electrons. The minimum atomic E-state index is -0.173. The number of nitrogens with zero attached hydrogens (tertiary/aromatic N) is 1. The molecular formula is C11H22N2O2. The summed E-state index contributed by atoms with van der Waals surface area (Å²) in [5, 5.41) is 2.98. The van der Waals surface area contributed by atoms with Crippen molar-refractivity contribution in [2.75, 3.05) is 19.8 Å². The van der Waals surface area contributed by atoms with Crippen LogP contribution in [-0.4, -0.2) is 42.3 Å². The van der Waals surface area contributed by atoms with E-state index in [-0.39, 0.29) is 17.6 Å². The Bertz CT molecular complexity index is 223. The quantitative estimate of drug-likeness (QED) is 0.720. The fraction of sp³-hybridized carbons (Fsp3) is 0.909. The van der Waals surface area contributed by atoms with Gasteiger partial charge in [-0.3, -0.25) is 0 Å². The maximum absolute atomic E-state index is 11.9. The molecule has 4 nitrogen and oxygen atoms in total. The van der Waals surface area contributed by atoms with Gasteiger partial charge in [-0.25, -0.2) is 4.79 Å². The van der Waals surface area contributed by atoms with E-state index in [9.17, 15) is 4.79 Å². The number of urea groups is 1. The average molecular weight is 214 g/mol. The molecule has 1 rings (SSSR count). The minimum Gasteiger partial charge on any atom is -0.377 e. The lowest BCUT2D eigenvalue weighted by molar-refractivity contribution is 0.0100. The number of amides is 2. The Balaban J connectivity index is 2.56. The van der Waals surface area contributed by atoms with Crippen LogP contribution in [0.25, 0.3) is 0 Å². The molecule has 4 heteroatoms. The molecular weight excluding hydrogens is 192 g/mol. The SMILES string of the molecule is CCC1COCCN1C(=O)NC(C)(C)C. The van der Waals surface area contributed by atoms with Crippen LogP contribution in [0.5, 0.6) is 0 Å². The van der Waals surface area contributed by atoms with Crippen molar-refractivity contribution in [3.8, 4) is 0 Å². The van der Waals surface area contributed by atoms with Crippen molar-refractivity contribution in [2.24, 2.45) is 0 Å². The summed E-state index contributed by atoms with van der Waals surface area (Å²) >= 11 is 0. The van der Waals surface area contributed by atoms with E-state index in [1.54, 1.807) is 0 Å². The predicted molar refractivity (Wildman–Crippen MR) is 59.9 cm³/mol. The normalized spacial score (nSPS) is 22.7. The maximum atomic E-state index is 11.9. The van der Waals surface area contributed by atoms with Crippen molar-refractivity contribution < 1.29 is 9.53 Å². The van der Waals surface area contributed by atoms with Gasteiger partial charge in [0.2, 0.25) is 0 Å². The van der Waals surface area contributed by atoms with Crippen molar-refractivity contribution in [3.63, 3.8) is 0 Å². The van der Waals surface area contributed by atoms with Gasteiger partial charge in [0.05, 0.1) is 19.3 Å². The van der Waals surface area contributed by atoms with E-state index in [1.807, 2.05) is 25.7 Å². The fourth-order valence-electron chi connectivity index (χ4n) is 1.65. The van der Waals surface area contributed by atoms with Gasteiger partial charge in [-0.2, -0.15) is 0 Å². The summed E-state index contributed by atoms with van der Waals surface area (Å²) < 4.78 is 5.36. The summed E-state index contributed by atoms with van der Waals surface area (Å²) in [5.41, 5.74) is -0.173. The van der Waals surface area contributed by atoms with Crippen LogP contribution < -0.4 is 5.32 Å². The first-order valence-electron chi connectivity index (χ1n) is 5.60. The van der Waals surface area contributed by atoms with Crippen LogP contribution in [0.15, 0.2) is 0 Å². The van der Waals surface area contributed by atoms with Gasteiger partial charge in [-0.1, -0.05) is 6.92 Å². The third-order valence-corrected chi connectivity index (χ3v) is 2.44. The fourth-order valence-corrected chi connectivity index (χ4v) is 1.65. The van der Waals surface area contributed by atoms with Crippen LogP contribution in [-0.2, 0) is 4.74 Å². The highest BCUT2D eigenvalue weighted by atomic mass is 16.5. The average Bonchev–Trinajstić information content (AvgIpc) is 2.15. The van der Waals surface area contributed by atoms with Crippen molar-refractivity contribution in [1.29, 1.82) is 0 Å². The van der Waals surface area contributed by atoms with Crippen LogP contribution in [0.4, 0.5) is 4.79 Å². The Morgan fingerprint density at radius 1 is 1.53 bits per heavy atom. The Labute approximate surface area is 92.0 Å². The second kappa shape index (κ2) is 4.84. The summed E-state index contributed by atoms with van der Waals surface area (Å²) in [6.45, 7) is 10.1. The third kappa shape index (κ3) is 3.70. The molecule has 1 fully saturated rings. The lowest BCUT2D eigenvalue weighted by Crippen LogP contribution is -2.55. The van der Waals surface area contributed by atoms with Crippen molar-refractivity contribution >= 4 is 6.03 Å². The molecule has 88 valence electrons. The number of ether oxygens (including phenoxy) is 1. The van der Waals surface area contributed by atoms with Crippen LogP contribution >= 0.6 is 0 Å². The first-order chi connectivity index (χ1) is 6.94. The number of morpholine rings is 1. The molecule has 1 unspecified atom stereocenters. The van der Waals surface area contributed by atoms with Gasteiger partial charge in [0.15, 0.2) is 0 Å². The number of hydrogen-bond donors (Lipinski definition) is 1. The molecule has 15 heavy (non-hydrogen) atoms. The molecule has 0 aromatic heterocycles. The maximum Gasteiger partial charge on any atom is 0.318 e. The summed E-state index contributed by atoms with van der Waals surface area (Å²) in [5.74, 6) is 0. The topological polar surface area (TPSA) is 41.6 Å². The predicted octanol–water partition coefficient (Wildman–Crippen LogP) is 1.61. The molecule has 1 aliphatic heterocycles. The molecule has 0 aromatic rings. The second-order valence-corrected chi connectivity index (χ2v) is 5.01. The highest BCUT2D eigenvalue weighted by Crippen LogP contribution is 2.11. The van der Waals surface area contributed by atoms with Crippen LogP contribution in [0.3, 0.4) is 0 Å². The van der Waals surface area contributed by atoms with Crippen LogP contribution in [0.2, 0.25) is 0 Å². The standard InChI is InChI=1S/C11H22N2O2/c1-5-9-8-15-7-6-13(9)10(14)12-11(2,3)4/h9H,5-8H2,1-4H3,(H,12,14). The molecule has 1 heterocycles. The van der Waals surface area contributed by atoms with E-state index in [1.165, 1.54) is 0 Å². The molecule has 0 saturated carbocycles. The van der Waals surface area contributed by atoms with E-state index in [4.69, 9.17) is 4.74 Å². The number of rotatable bonds is 1. The third-order valence-electron chi connectivity index (χ3n) is 2.44. The van der Waals surface area contributed by atoms with Gasteiger partial charge in [0.1, 0.15) is 0 Å². The molecule has 0 spiro atoms. The minimum absolute atomic E-state index is 0.0256. The number of carbonyl (C=O) groups excluding carboxylic acids is 1. The highest BCUT2D eigenvalue weighted by molar-refractivity contribution is 5.75. The summed E-state index contributed by atoms with van der Waals surface area (Å²) in [4.78, 5) is 13.8. The Hall–Kier alpha value is -0.770. The molecule has 1 saturated heterocycles. The van der Waals surface area contributed by atoms with Crippen LogP contribution in [0, 0.1) is 0 Å². The molecule has 0 aromatic carbocycles. The van der Waals surface area contributed by atoms with E-state index in [0.717, 1.165) is 6.42 Å². The van der Waals surface area contributed by atoms with E-state index in [0.29, 0.717) is 19.8 Å². The molecule has 1 N–H and O–H groups in total. The molecule has 0 bridgehead atoms. The zero-order valence-corrected chi connectivity index (χ0v) is 10.2. The van der Waals surface area contributed by atoms with Gasteiger partial charge in [0, 0.05) is 12.1 Å². The van der Waals surface area contributed by atoms with Crippen molar-refractivity contribution in [3.05, 3.63) is 0 Å². The number of nitrogens with one attached hydrogen (secondary N) is 1. The molecule has 1 aliphatic rings. The van der Waals surface area contributed by atoms with Crippen molar-refractivity contribution in [2.45, 2.75) is 45.7 Å². The lowest BCUT2D eigenvalue weighted by Gasteiger charge is -2.37. The first kappa shape index (κ1) is 12.3. The second-order valence-electron chi connectivity index (χ2n) is 5.01. The lowest BCUT2D eigenvalue weighted by atomic mass is 10.1. The number of hydrogen-bond acceptors (Lipinski definition) is 2. The summed E-state index contributed by atoms with van der Waals surface area (Å²) in [6, 6.07) is 0.249. The van der Waals surface area contributed by atoms with Crippen molar-refractivity contribution in [1.82, 2.24) is 10.2 Å². The first-order valence-corrected chi connectivity index (χ1v) is 5.60. The van der Waals surface area contributed by atoms with E-state index >= 15 is 0 Å². The number of carbonyl (C=O) groups is 1. The zero-order valence-electron chi connectivity index (χ0n) is 10.2.